The van der Waals surface area contributed by atoms with E-state index in [1.54, 1.807) is 0 Å². The highest BCUT2D eigenvalue weighted by Gasteiger charge is 2.06. The van der Waals surface area contributed by atoms with Gasteiger partial charge in [0.15, 0.2) is 0 Å². The van der Waals surface area contributed by atoms with Crippen LogP contribution < -0.4 is 5.48 Å². The highest BCUT2D eigenvalue weighted by Crippen LogP contribution is 2.15. The van der Waals surface area contributed by atoms with E-state index in [2.05, 4.69) is 64.4 Å². The zero-order valence-corrected chi connectivity index (χ0v) is 12.4. The molecule has 0 heterocycles. The van der Waals surface area contributed by atoms with E-state index >= 15 is 0 Å². The molecule has 0 saturated heterocycles. The second kappa shape index (κ2) is 7.55. The van der Waals surface area contributed by atoms with E-state index in [4.69, 9.17) is 4.84 Å². The SMILES string of the molecule is CC(C)CONC(C)c1ccc(CC(C)C)cc1. The Morgan fingerprint density at radius 2 is 1.56 bits per heavy atom. The van der Waals surface area contributed by atoms with Gasteiger partial charge in [0, 0.05) is 0 Å². The van der Waals surface area contributed by atoms with Gasteiger partial charge in [-0.2, -0.15) is 5.48 Å². The summed E-state index contributed by atoms with van der Waals surface area (Å²) >= 11 is 0. The van der Waals surface area contributed by atoms with Gasteiger partial charge in [0.05, 0.1) is 12.6 Å². The fourth-order valence-electron chi connectivity index (χ4n) is 1.82. The highest BCUT2D eigenvalue weighted by molar-refractivity contribution is 5.24. The van der Waals surface area contributed by atoms with Gasteiger partial charge in [-0.05, 0) is 36.3 Å². The molecule has 1 aromatic rings. The molecule has 0 amide bonds. The topological polar surface area (TPSA) is 21.3 Å². The molecule has 0 radical (unpaired) electrons. The molecule has 0 aliphatic rings. The largest absolute Gasteiger partial charge is 0.301 e. The maximum Gasteiger partial charge on any atom is 0.0705 e. The van der Waals surface area contributed by atoms with Crippen molar-refractivity contribution in [3.8, 4) is 0 Å². The number of benzene rings is 1. The molecule has 18 heavy (non-hydrogen) atoms. The third kappa shape index (κ3) is 5.65. The Balaban J connectivity index is 2.46. The van der Waals surface area contributed by atoms with Gasteiger partial charge in [0.25, 0.3) is 0 Å². The van der Waals surface area contributed by atoms with Crippen LogP contribution in [0, 0.1) is 11.8 Å². The Morgan fingerprint density at radius 1 is 0.944 bits per heavy atom. The zero-order valence-electron chi connectivity index (χ0n) is 12.4. The van der Waals surface area contributed by atoms with E-state index < -0.39 is 0 Å². The van der Waals surface area contributed by atoms with Gasteiger partial charge in [-0.25, -0.2) is 0 Å². The molecule has 1 N–H and O–H groups in total. The minimum Gasteiger partial charge on any atom is -0.301 e. The number of hydrogen-bond acceptors (Lipinski definition) is 2. The second-order valence-corrected chi connectivity index (χ2v) is 5.88. The molecule has 0 aromatic heterocycles. The van der Waals surface area contributed by atoms with Crippen molar-refractivity contribution < 1.29 is 4.84 Å². The molecule has 2 heteroatoms. The van der Waals surface area contributed by atoms with Crippen molar-refractivity contribution in [1.29, 1.82) is 0 Å². The molecule has 0 bridgehead atoms. The van der Waals surface area contributed by atoms with Crippen LogP contribution in [0.5, 0.6) is 0 Å². The van der Waals surface area contributed by atoms with Crippen molar-refractivity contribution in [2.24, 2.45) is 11.8 Å². The Labute approximate surface area is 112 Å². The minimum absolute atomic E-state index is 0.233. The van der Waals surface area contributed by atoms with Gasteiger partial charge in [-0.3, -0.25) is 0 Å². The van der Waals surface area contributed by atoms with Crippen molar-refractivity contribution >= 4 is 0 Å². The first-order chi connectivity index (χ1) is 8.49. The molecule has 1 aromatic carbocycles. The number of hydrogen-bond donors (Lipinski definition) is 1. The molecular formula is C16H27NO. The van der Waals surface area contributed by atoms with Crippen molar-refractivity contribution in [2.75, 3.05) is 6.61 Å². The van der Waals surface area contributed by atoms with Gasteiger partial charge in [-0.15, -0.1) is 0 Å². The second-order valence-electron chi connectivity index (χ2n) is 5.88. The summed E-state index contributed by atoms with van der Waals surface area (Å²) in [7, 11) is 0. The van der Waals surface area contributed by atoms with E-state index in [0.29, 0.717) is 11.8 Å². The van der Waals surface area contributed by atoms with Crippen LogP contribution in [-0.2, 0) is 11.3 Å². The van der Waals surface area contributed by atoms with Crippen LogP contribution in [0.25, 0.3) is 0 Å². The zero-order chi connectivity index (χ0) is 13.5. The lowest BCUT2D eigenvalue weighted by atomic mass is 10.0. The van der Waals surface area contributed by atoms with Crippen LogP contribution in [0.3, 0.4) is 0 Å². The molecule has 1 atom stereocenters. The first-order valence-corrected chi connectivity index (χ1v) is 6.95. The number of hydroxylamine groups is 1. The summed E-state index contributed by atoms with van der Waals surface area (Å²) < 4.78 is 0. The summed E-state index contributed by atoms with van der Waals surface area (Å²) in [6.07, 6.45) is 1.14. The van der Waals surface area contributed by atoms with E-state index in [0.717, 1.165) is 13.0 Å². The van der Waals surface area contributed by atoms with Crippen molar-refractivity contribution in [3.05, 3.63) is 35.4 Å². The summed E-state index contributed by atoms with van der Waals surface area (Å²) in [5, 5.41) is 0. The summed E-state index contributed by atoms with van der Waals surface area (Å²) in [4.78, 5) is 5.46. The molecule has 1 rings (SSSR count). The third-order valence-corrected chi connectivity index (χ3v) is 2.80. The van der Waals surface area contributed by atoms with Crippen LogP contribution in [-0.4, -0.2) is 6.61 Å². The van der Waals surface area contributed by atoms with Crippen LogP contribution in [0.4, 0.5) is 0 Å². The average molecular weight is 249 g/mol. The normalized spacial score (nSPS) is 13.3. The van der Waals surface area contributed by atoms with E-state index in [-0.39, 0.29) is 6.04 Å². The molecule has 0 spiro atoms. The molecule has 0 aliphatic heterocycles. The Hall–Kier alpha value is -0.860. The molecule has 2 nitrogen and oxygen atoms in total. The number of rotatable bonds is 7. The predicted molar refractivity (Wildman–Crippen MR) is 77.3 cm³/mol. The lowest BCUT2D eigenvalue weighted by molar-refractivity contribution is 0.00409. The van der Waals surface area contributed by atoms with Crippen LogP contribution in [0.1, 0.15) is 51.8 Å². The minimum atomic E-state index is 0.233. The first-order valence-electron chi connectivity index (χ1n) is 6.95. The molecular weight excluding hydrogens is 222 g/mol. The summed E-state index contributed by atoms with van der Waals surface area (Å²) in [5.74, 6) is 1.26. The van der Waals surface area contributed by atoms with Crippen LogP contribution >= 0.6 is 0 Å². The van der Waals surface area contributed by atoms with Crippen LogP contribution in [0.2, 0.25) is 0 Å². The lowest BCUT2D eigenvalue weighted by Gasteiger charge is -2.16. The monoisotopic (exact) mass is 249 g/mol. The maximum atomic E-state index is 5.46. The fourth-order valence-corrected chi connectivity index (χ4v) is 1.82. The molecule has 0 fully saturated rings. The van der Waals surface area contributed by atoms with Crippen LogP contribution in [0.15, 0.2) is 24.3 Å². The highest BCUT2D eigenvalue weighted by atomic mass is 16.6. The van der Waals surface area contributed by atoms with E-state index in [1.165, 1.54) is 11.1 Å². The Morgan fingerprint density at radius 3 is 2.06 bits per heavy atom. The lowest BCUT2D eigenvalue weighted by Crippen LogP contribution is -2.21. The predicted octanol–water partition coefficient (Wildman–Crippen LogP) is 4.12. The molecule has 102 valence electrons. The number of nitrogens with one attached hydrogen (secondary N) is 1. The smallest absolute Gasteiger partial charge is 0.0705 e. The summed E-state index contributed by atoms with van der Waals surface area (Å²) in [6.45, 7) is 11.7. The van der Waals surface area contributed by atoms with Crippen molar-refractivity contribution in [3.63, 3.8) is 0 Å². The van der Waals surface area contributed by atoms with Gasteiger partial charge >= 0.3 is 0 Å². The van der Waals surface area contributed by atoms with E-state index in [1.807, 2.05) is 0 Å². The molecule has 0 saturated carbocycles. The average Bonchev–Trinajstić information content (AvgIpc) is 2.28. The third-order valence-electron chi connectivity index (χ3n) is 2.80. The van der Waals surface area contributed by atoms with E-state index in [9.17, 15) is 0 Å². The maximum absolute atomic E-state index is 5.46. The van der Waals surface area contributed by atoms with Gasteiger partial charge < -0.3 is 4.84 Å². The first kappa shape index (κ1) is 15.2. The molecule has 1 unspecified atom stereocenters. The van der Waals surface area contributed by atoms with Gasteiger partial charge in [0.1, 0.15) is 0 Å². The Bertz CT molecular complexity index is 329. The molecule has 0 aliphatic carbocycles. The standard InChI is InChI=1S/C16H27NO/c1-12(2)10-15-6-8-16(9-7-15)14(5)17-18-11-13(3)4/h6-9,12-14,17H,10-11H2,1-5H3. The van der Waals surface area contributed by atoms with Crippen molar-refractivity contribution in [1.82, 2.24) is 5.48 Å². The van der Waals surface area contributed by atoms with Crippen molar-refractivity contribution in [2.45, 2.75) is 47.1 Å². The quantitative estimate of drug-likeness (QED) is 0.734. The van der Waals surface area contributed by atoms with Gasteiger partial charge in [0.2, 0.25) is 0 Å². The Kier molecular flexibility index (Phi) is 6.37. The summed E-state index contributed by atoms with van der Waals surface area (Å²) in [6, 6.07) is 9.05. The fraction of sp³-hybridized carbons (Fsp3) is 0.625. The van der Waals surface area contributed by atoms with Gasteiger partial charge in [-0.1, -0.05) is 52.0 Å². The summed E-state index contributed by atoms with van der Waals surface area (Å²) in [5.41, 5.74) is 5.77.